The van der Waals surface area contributed by atoms with Crippen LogP contribution in [0.4, 0.5) is 0 Å². The zero-order valence-corrected chi connectivity index (χ0v) is 22.6. The van der Waals surface area contributed by atoms with Gasteiger partial charge in [0, 0.05) is 29.8 Å². The van der Waals surface area contributed by atoms with Crippen LogP contribution in [-0.4, -0.2) is 29.1 Å². The number of ether oxygens (including phenoxy) is 3. The minimum absolute atomic E-state index is 0.0401. The summed E-state index contributed by atoms with van der Waals surface area (Å²) >= 11 is 6.54. The second-order valence-corrected chi connectivity index (χ2v) is 11.1. The topological polar surface area (TPSA) is 81.4 Å². The highest BCUT2D eigenvalue weighted by Crippen LogP contribution is 2.41. The Labute approximate surface area is 223 Å². The van der Waals surface area contributed by atoms with Gasteiger partial charge in [0.15, 0.2) is 5.78 Å². The maximum Gasteiger partial charge on any atom is 0.213 e. The molecule has 1 aliphatic rings. The van der Waals surface area contributed by atoms with E-state index in [-0.39, 0.29) is 22.9 Å². The van der Waals surface area contributed by atoms with Gasteiger partial charge in [0.1, 0.15) is 23.1 Å². The molecule has 2 aromatic carbocycles. The molecule has 0 radical (unpaired) electrons. The number of halogens is 1. The molecule has 0 unspecified atom stereocenters. The normalized spacial score (nSPS) is 16.6. The number of benzene rings is 2. The minimum atomic E-state index is -0.267. The first-order valence-corrected chi connectivity index (χ1v) is 12.6. The molecule has 1 saturated heterocycles. The lowest BCUT2D eigenvalue weighted by Gasteiger charge is -2.45. The van der Waals surface area contributed by atoms with Crippen molar-refractivity contribution in [1.29, 1.82) is 5.26 Å². The number of methoxy groups -OCH3 is 1. The van der Waals surface area contributed by atoms with Gasteiger partial charge in [-0.05, 0) is 82.3 Å². The molecule has 0 spiro atoms. The summed E-state index contributed by atoms with van der Waals surface area (Å²) < 4.78 is 17.4. The largest absolute Gasteiger partial charge is 0.481 e. The zero-order chi connectivity index (χ0) is 26.8. The molecule has 6 nitrogen and oxygen atoms in total. The Kier molecular flexibility index (Phi) is 7.59. The third kappa shape index (κ3) is 6.30. The monoisotopic (exact) mass is 518 g/mol. The van der Waals surface area contributed by atoms with Crippen LogP contribution in [0.25, 0.3) is 11.1 Å². The Morgan fingerprint density at radius 1 is 1.11 bits per heavy atom. The van der Waals surface area contributed by atoms with Crippen molar-refractivity contribution in [3.63, 3.8) is 0 Å². The summed E-state index contributed by atoms with van der Waals surface area (Å²) in [5, 5.41) is 10.2. The molecule has 1 aromatic heterocycles. The van der Waals surface area contributed by atoms with Gasteiger partial charge < -0.3 is 14.2 Å². The number of carbonyl (C=O) groups is 1. The fourth-order valence-corrected chi connectivity index (χ4v) is 5.57. The van der Waals surface area contributed by atoms with Crippen LogP contribution in [0.15, 0.2) is 54.7 Å². The molecule has 0 bridgehead atoms. The summed E-state index contributed by atoms with van der Waals surface area (Å²) in [4.78, 5) is 17.2. The number of nitrogens with zero attached hydrogens (tertiary/aromatic N) is 2. The summed E-state index contributed by atoms with van der Waals surface area (Å²) in [6.07, 6.45) is 3.71. The molecule has 4 rings (SSSR count). The maximum absolute atomic E-state index is 13.1. The molecule has 0 saturated carbocycles. The molecule has 37 heavy (non-hydrogen) atoms. The summed E-state index contributed by atoms with van der Waals surface area (Å²) in [5.74, 6) is 1.45. The average molecular weight is 519 g/mol. The van der Waals surface area contributed by atoms with Crippen molar-refractivity contribution in [2.75, 3.05) is 7.11 Å². The highest BCUT2D eigenvalue weighted by atomic mass is 35.5. The van der Waals surface area contributed by atoms with E-state index in [2.05, 4.69) is 38.7 Å². The number of nitriles is 1. The molecule has 7 heteroatoms. The van der Waals surface area contributed by atoms with Gasteiger partial charge in [0.05, 0.1) is 23.3 Å². The van der Waals surface area contributed by atoms with Crippen LogP contribution < -0.4 is 9.47 Å². The number of carbonyl (C=O) groups excluding carboxylic acids is 1. The summed E-state index contributed by atoms with van der Waals surface area (Å²) in [6, 6.07) is 16.2. The van der Waals surface area contributed by atoms with Gasteiger partial charge in [-0.15, -0.1) is 0 Å². The van der Waals surface area contributed by atoms with E-state index < -0.39 is 0 Å². The Balaban J connectivity index is 1.54. The van der Waals surface area contributed by atoms with Gasteiger partial charge >= 0.3 is 0 Å². The Morgan fingerprint density at radius 3 is 2.49 bits per heavy atom. The summed E-state index contributed by atoms with van der Waals surface area (Å²) in [6.45, 7) is 8.29. The van der Waals surface area contributed by atoms with Crippen molar-refractivity contribution in [2.24, 2.45) is 5.92 Å². The number of hydrogen-bond donors (Lipinski definition) is 0. The summed E-state index contributed by atoms with van der Waals surface area (Å²) in [5.41, 5.74) is 1.83. The van der Waals surface area contributed by atoms with E-state index in [1.54, 1.807) is 55.8 Å². The van der Waals surface area contributed by atoms with E-state index in [1.165, 1.54) is 0 Å². The van der Waals surface area contributed by atoms with Crippen LogP contribution in [0.3, 0.4) is 0 Å². The van der Waals surface area contributed by atoms with Gasteiger partial charge in [-0.3, -0.25) is 4.79 Å². The first-order valence-electron chi connectivity index (χ1n) is 12.2. The standard InChI is InChI=1S/C30H31ClN2O4/c1-29(2)16-19(17-30(3,4)37-29)13-25(34)21-9-10-27(24(31)14-21)36-26-8-6-7-22(23(26)18-32)20-11-12-33-28(15-20)35-5/h6-12,14-15,19H,13,16-17H2,1-5H3. The first-order chi connectivity index (χ1) is 17.5. The van der Waals surface area contributed by atoms with E-state index in [4.69, 9.17) is 25.8 Å². The SMILES string of the molecule is COc1cc(-c2cccc(Oc3ccc(C(=O)CC4CC(C)(C)OC(C)(C)C4)cc3Cl)c2C#N)ccn1. The Bertz CT molecular complexity index is 1340. The third-order valence-electron chi connectivity index (χ3n) is 6.45. The highest BCUT2D eigenvalue weighted by Gasteiger charge is 2.39. The van der Waals surface area contributed by atoms with Gasteiger partial charge in [-0.25, -0.2) is 4.98 Å². The fourth-order valence-electron chi connectivity index (χ4n) is 5.35. The number of ketones is 1. The number of pyridine rings is 1. The number of Topliss-reactive ketones (excluding diaryl/α,β-unsaturated/α-hetero) is 1. The van der Waals surface area contributed by atoms with Crippen LogP contribution >= 0.6 is 11.6 Å². The van der Waals surface area contributed by atoms with Gasteiger partial charge in [0.2, 0.25) is 5.88 Å². The Morgan fingerprint density at radius 2 is 1.84 bits per heavy atom. The van der Waals surface area contributed by atoms with Crippen molar-refractivity contribution in [1.82, 2.24) is 4.98 Å². The maximum atomic E-state index is 13.1. The van der Waals surface area contributed by atoms with E-state index in [0.717, 1.165) is 18.4 Å². The van der Waals surface area contributed by atoms with Crippen LogP contribution in [0.5, 0.6) is 17.4 Å². The lowest BCUT2D eigenvalue weighted by Crippen LogP contribution is -2.45. The lowest BCUT2D eigenvalue weighted by atomic mass is 9.78. The summed E-state index contributed by atoms with van der Waals surface area (Å²) in [7, 11) is 1.54. The molecule has 0 N–H and O–H groups in total. The quantitative estimate of drug-likeness (QED) is 0.299. The fraction of sp³-hybridized carbons (Fsp3) is 0.367. The number of aromatic nitrogens is 1. The molecule has 3 aromatic rings. The predicted octanol–water partition coefficient (Wildman–Crippen LogP) is 7.63. The molecular formula is C30H31ClN2O4. The molecule has 1 aliphatic heterocycles. The van der Waals surface area contributed by atoms with Crippen molar-refractivity contribution >= 4 is 17.4 Å². The van der Waals surface area contributed by atoms with E-state index >= 15 is 0 Å². The predicted molar refractivity (Wildman–Crippen MR) is 143 cm³/mol. The zero-order valence-electron chi connectivity index (χ0n) is 21.8. The third-order valence-corrected chi connectivity index (χ3v) is 6.75. The van der Waals surface area contributed by atoms with Gasteiger partial charge in [-0.2, -0.15) is 5.26 Å². The molecular weight excluding hydrogens is 488 g/mol. The van der Waals surface area contributed by atoms with Crippen LogP contribution in [0, 0.1) is 17.2 Å². The van der Waals surface area contributed by atoms with Crippen LogP contribution in [-0.2, 0) is 4.74 Å². The molecule has 0 aliphatic carbocycles. The highest BCUT2D eigenvalue weighted by molar-refractivity contribution is 6.32. The smallest absolute Gasteiger partial charge is 0.213 e. The first kappa shape index (κ1) is 26.7. The second kappa shape index (κ2) is 10.5. The molecule has 2 heterocycles. The second-order valence-electron chi connectivity index (χ2n) is 10.6. The minimum Gasteiger partial charge on any atom is -0.481 e. The van der Waals surface area contributed by atoms with E-state index in [1.807, 2.05) is 6.07 Å². The molecule has 0 atom stereocenters. The van der Waals surface area contributed by atoms with E-state index in [9.17, 15) is 10.1 Å². The number of rotatable bonds is 7. The van der Waals surface area contributed by atoms with Crippen molar-refractivity contribution in [2.45, 2.75) is 58.2 Å². The average Bonchev–Trinajstić information content (AvgIpc) is 2.83. The van der Waals surface area contributed by atoms with E-state index in [0.29, 0.717) is 45.5 Å². The molecule has 0 amide bonds. The van der Waals surface area contributed by atoms with Crippen LogP contribution in [0.1, 0.15) is 62.9 Å². The van der Waals surface area contributed by atoms with Crippen molar-refractivity contribution in [3.05, 3.63) is 70.9 Å². The van der Waals surface area contributed by atoms with Crippen molar-refractivity contribution < 1.29 is 19.0 Å². The van der Waals surface area contributed by atoms with Gasteiger partial charge in [-0.1, -0.05) is 23.7 Å². The van der Waals surface area contributed by atoms with Crippen LogP contribution in [0.2, 0.25) is 5.02 Å². The van der Waals surface area contributed by atoms with Gasteiger partial charge in [0.25, 0.3) is 0 Å². The number of hydrogen-bond acceptors (Lipinski definition) is 6. The lowest BCUT2D eigenvalue weighted by molar-refractivity contribution is -0.171. The Hall–Kier alpha value is -3.40. The molecule has 1 fully saturated rings. The molecule has 192 valence electrons. The van der Waals surface area contributed by atoms with Crippen molar-refractivity contribution in [3.8, 4) is 34.6 Å².